The van der Waals surface area contributed by atoms with Crippen LogP contribution in [0.25, 0.3) is 0 Å². The van der Waals surface area contributed by atoms with Crippen LogP contribution in [0.5, 0.6) is 0 Å². The second-order valence-electron chi connectivity index (χ2n) is 4.27. The minimum atomic E-state index is -0.682. The minimum Gasteiger partial charge on any atom is -0.481 e. The van der Waals surface area contributed by atoms with Gasteiger partial charge in [0.15, 0.2) is 4.67 Å². The van der Waals surface area contributed by atoms with Crippen molar-refractivity contribution in [3.05, 3.63) is 22.6 Å². The highest BCUT2D eigenvalue weighted by Crippen LogP contribution is 2.51. The molecule has 5 heteroatoms. The van der Waals surface area contributed by atoms with Gasteiger partial charge in [-0.05, 0) is 52.1 Å². The first-order valence-corrected chi connectivity index (χ1v) is 7.08. The molecular weight excluding hydrogens is 292 g/mol. The van der Waals surface area contributed by atoms with Gasteiger partial charge in [0.2, 0.25) is 0 Å². The van der Waals surface area contributed by atoms with Gasteiger partial charge in [0.25, 0.3) is 0 Å². The van der Waals surface area contributed by atoms with Crippen molar-refractivity contribution >= 4 is 33.7 Å². The van der Waals surface area contributed by atoms with Gasteiger partial charge in [-0.25, -0.2) is 0 Å². The van der Waals surface area contributed by atoms with E-state index in [4.69, 9.17) is 9.52 Å². The van der Waals surface area contributed by atoms with Crippen molar-refractivity contribution in [1.82, 2.24) is 0 Å². The Labute approximate surface area is 107 Å². The van der Waals surface area contributed by atoms with E-state index in [9.17, 15) is 4.79 Å². The third-order valence-electron chi connectivity index (χ3n) is 2.76. The summed E-state index contributed by atoms with van der Waals surface area (Å²) in [6.45, 7) is 0. The van der Waals surface area contributed by atoms with Crippen LogP contribution in [0, 0.1) is 5.41 Å². The van der Waals surface area contributed by atoms with E-state index in [2.05, 4.69) is 15.9 Å². The van der Waals surface area contributed by atoms with E-state index in [1.807, 2.05) is 12.1 Å². The highest BCUT2D eigenvalue weighted by atomic mass is 79.9. The van der Waals surface area contributed by atoms with Crippen LogP contribution in [0.3, 0.4) is 0 Å². The molecule has 2 rings (SSSR count). The van der Waals surface area contributed by atoms with Crippen molar-refractivity contribution in [2.24, 2.45) is 5.41 Å². The number of carboxylic acids is 1. The predicted octanol–water partition coefficient (Wildman–Crippen LogP) is 3.53. The van der Waals surface area contributed by atoms with Crippen LogP contribution in [-0.4, -0.2) is 16.8 Å². The van der Waals surface area contributed by atoms with Crippen LogP contribution in [0.4, 0.5) is 0 Å². The Morgan fingerprint density at radius 1 is 1.56 bits per heavy atom. The highest BCUT2D eigenvalue weighted by Gasteiger charge is 2.44. The molecule has 88 valence electrons. The van der Waals surface area contributed by atoms with Gasteiger partial charge < -0.3 is 9.52 Å². The molecule has 1 heterocycles. The van der Waals surface area contributed by atoms with Gasteiger partial charge in [-0.2, -0.15) is 11.8 Å². The maximum Gasteiger partial charge on any atom is 0.303 e. The zero-order chi connectivity index (χ0) is 11.6. The smallest absolute Gasteiger partial charge is 0.303 e. The predicted molar refractivity (Wildman–Crippen MR) is 66.5 cm³/mol. The number of carboxylic acid groups (broad SMARTS) is 1. The molecule has 3 nitrogen and oxygen atoms in total. The zero-order valence-corrected chi connectivity index (χ0v) is 11.1. The SMILES string of the molecule is O=C(O)CC1(CSCc2ccc(Br)o2)CC1. The van der Waals surface area contributed by atoms with Crippen molar-refractivity contribution < 1.29 is 14.3 Å². The fourth-order valence-corrected chi connectivity index (χ4v) is 3.29. The molecule has 0 aromatic carbocycles. The maximum absolute atomic E-state index is 10.7. The van der Waals surface area contributed by atoms with Crippen LogP contribution in [0.15, 0.2) is 21.2 Å². The van der Waals surface area contributed by atoms with Gasteiger partial charge in [-0.3, -0.25) is 4.79 Å². The quantitative estimate of drug-likeness (QED) is 0.873. The molecule has 0 aliphatic heterocycles. The maximum atomic E-state index is 10.7. The molecule has 1 aromatic heterocycles. The molecule has 1 aliphatic carbocycles. The third kappa shape index (κ3) is 3.28. The van der Waals surface area contributed by atoms with Crippen LogP contribution in [-0.2, 0) is 10.5 Å². The molecule has 0 bridgehead atoms. The molecule has 16 heavy (non-hydrogen) atoms. The Morgan fingerprint density at radius 2 is 2.31 bits per heavy atom. The number of halogens is 1. The Bertz CT molecular complexity index is 384. The summed E-state index contributed by atoms with van der Waals surface area (Å²) in [5.74, 6) is 1.98. The average Bonchev–Trinajstić information content (AvgIpc) is 2.80. The zero-order valence-electron chi connectivity index (χ0n) is 8.74. The van der Waals surface area contributed by atoms with Gasteiger partial charge in [0.1, 0.15) is 5.76 Å². The molecule has 1 aliphatic rings. The van der Waals surface area contributed by atoms with Crippen molar-refractivity contribution in [2.45, 2.75) is 25.0 Å². The van der Waals surface area contributed by atoms with Crippen LogP contribution < -0.4 is 0 Å². The molecule has 1 saturated carbocycles. The normalized spacial score (nSPS) is 17.3. The van der Waals surface area contributed by atoms with E-state index >= 15 is 0 Å². The summed E-state index contributed by atoms with van der Waals surface area (Å²) in [5.41, 5.74) is 0.0698. The minimum absolute atomic E-state index is 0.0698. The van der Waals surface area contributed by atoms with E-state index in [1.165, 1.54) is 0 Å². The molecule has 1 aromatic rings. The molecule has 0 saturated heterocycles. The number of hydrogen-bond acceptors (Lipinski definition) is 3. The fraction of sp³-hybridized carbons (Fsp3) is 0.545. The number of furan rings is 1. The molecule has 1 N–H and O–H groups in total. The summed E-state index contributed by atoms with van der Waals surface area (Å²) in [4.78, 5) is 10.7. The summed E-state index contributed by atoms with van der Waals surface area (Å²) in [6, 6.07) is 3.81. The van der Waals surface area contributed by atoms with E-state index < -0.39 is 5.97 Å². The molecule has 0 radical (unpaired) electrons. The molecular formula is C11H13BrO3S. The van der Waals surface area contributed by atoms with Crippen LogP contribution in [0.1, 0.15) is 25.0 Å². The van der Waals surface area contributed by atoms with Gasteiger partial charge in [-0.15, -0.1) is 0 Å². The number of rotatable bonds is 6. The lowest BCUT2D eigenvalue weighted by molar-refractivity contribution is -0.138. The summed E-state index contributed by atoms with van der Waals surface area (Å²) in [6.07, 6.45) is 2.41. The van der Waals surface area contributed by atoms with Gasteiger partial charge in [0, 0.05) is 0 Å². The van der Waals surface area contributed by atoms with Gasteiger partial charge in [0.05, 0.1) is 12.2 Å². The van der Waals surface area contributed by atoms with Crippen molar-refractivity contribution in [1.29, 1.82) is 0 Å². The molecule has 0 spiro atoms. The van der Waals surface area contributed by atoms with Crippen molar-refractivity contribution in [3.63, 3.8) is 0 Å². The lowest BCUT2D eigenvalue weighted by atomic mass is 10.1. The van der Waals surface area contributed by atoms with Crippen LogP contribution in [0.2, 0.25) is 0 Å². The number of hydrogen-bond donors (Lipinski definition) is 1. The topological polar surface area (TPSA) is 50.4 Å². The third-order valence-corrected chi connectivity index (χ3v) is 4.50. The Morgan fingerprint density at radius 3 is 2.81 bits per heavy atom. The fourth-order valence-electron chi connectivity index (χ4n) is 1.67. The Balaban J connectivity index is 1.74. The molecule has 0 atom stereocenters. The number of aliphatic carboxylic acids is 1. The second-order valence-corrected chi connectivity index (χ2v) is 6.04. The molecule has 0 amide bonds. The number of carbonyl (C=O) groups is 1. The first-order chi connectivity index (χ1) is 7.60. The summed E-state index contributed by atoms with van der Waals surface area (Å²) in [5, 5.41) is 8.77. The lowest BCUT2D eigenvalue weighted by Crippen LogP contribution is -2.11. The lowest BCUT2D eigenvalue weighted by Gasteiger charge is -2.10. The highest BCUT2D eigenvalue weighted by molar-refractivity contribution is 9.10. The Hall–Kier alpha value is -0.420. The first-order valence-electron chi connectivity index (χ1n) is 5.13. The monoisotopic (exact) mass is 304 g/mol. The van der Waals surface area contributed by atoms with Gasteiger partial charge >= 0.3 is 5.97 Å². The van der Waals surface area contributed by atoms with E-state index in [0.717, 1.165) is 34.8 Å². The van der Waals surface area contributed by atoms with Crippen molar-refractivity contribution in [3.8, 4) is 0 Å². The molecule has 1 fully saturated rings. The summed E-state index contributed by atoms with van der Waals surface area (Å²) >= 11 is 5.01. The second kappa shape index (κ2) is 4.84. The Kier molecular flexibility index (Phi) is 3.64. The van der Waals surface area contributed by atoms with E-state index in [1.54, 1.807) is 11.8 Å². The van der Waals surface area contributed by atoms with E-state index in [0.29, 0.717) is 6.42 Å². The molecule has 0 unspecified atom stereocenters. The standard InChI is InChI=1S/C11H13BrO3S/c12-9-2-1-8(15-9)6-16-7-11(3-4-11)5-10(13)14/h1-2H,3-7H2,(H,13,14). The largest absolute Gasteiger partial charge is 0.481 e. The van der Waals surface area contributed by atoms with Gasteiger partial charge in [-0.1, -0.05) is 0 Å². The summed E-state index contributed by atoms with van der Waals surface area (Å²) < 4.78 is 6.12. The van der Waals surface area contributed by atoms with E-state index in [-0.39, 0.29) is 5.41 Å². The summed E-state index contributed by atoms with van der Waals surface area (Å²) in [7, 11) is 0. The first kappa shape index (κ1) is 12.0. The number of thioether (sulfide) groups is 1. The van der Waals surface area contributed by atoms with Crippen LogP contribution >= 0.6 is 27.7 Å². The van der Waals surface area contributed by atoms with Crippen molar-refractivity contribution in [2.75, 3.05) is 5.75 Å². The average molecular weight is 305 g/mol.